The maximum absolute atomic E-state index is 4.68. The third-order valence-corrected chi connectivity index (χ3v) is 4.08. The molecule has 0 bridgehead atoms. The normalized spacial score (nSPS) is 10.5. The molecular formula is C21H24N4. The van der Waals surface area contributed by atoms with E-state index in [9.17, 15) is 0 Å². The van der Waals surface area contributed by atoms with E-state index in [1.165, 1.54) is 11.1 Å². The first-order valence-corrected chi connectivity index (χ1v) is 8.71. The van der Waals surface area contributed by atoms with Crippen molar-refractivity contribution in [3.8, 4) is 0 Å². The number of hydrogen-bond donors (Lipinski definition) is 1. The number of aromatic nitrogens is 2. The van der Waals surface area contributed by atoms with Gasteiger partial charge < -0.3 is 10.2 Å². The van der Waals surface area contributed by atoms with E-state index in [2.05, 4.69) is 82.6 Å². The highest BCUT2D eigenvalue weighted by Gasteiger charge is 2.11. The van der Waals surface area contributed by atoms with E-state index in [1.54, 1.807) is 0 Å². The predicted octanol–water partition coefficient (Wildman–Crippen LogP) is 4.60. The SMILES string of the molecule is CCN(c1cccc(C)c1)c1nccc(NCCc2ccccc2)n1. The maximum Gasteiger partial charge on any atom is 0.231 e. The fourth-order valence-electron chi connectivity index (χ4n) is 2.79. The molecule has 0 aliphatic carbocycles. The summed E-state index contributed by atoms with van der Waals surface area (Å²) in [6.07, 6.45) is 2.78. The molecule has 0 aliphatic heterocycles. The number of nitrogens with one attached hydrogen (secondary N) is 1. The molecule has 0 aliphatic rings. The molecule has 0 atom stereocenters. The molecule has 25 heavy (non-hydrogen) atoms. The number of aryl methyl sites for hydroxylation is 1. The third-order valence-electron chi connectivity index (χ3n) is 4.08. The van der Waals surface area contributed by atoms with Crippen LogP contribution in [0.4, 0.5) is 17.5 Å². The second-order valence-corrected chi connectivity index (χ2v) is 5.99. The lowest BCUT2D eigenvalue weighted by atomic mass is 10.1. The second-order valence-electron chi connectivity index (χ2n) is 5.99. The van der Waals surface area contributed by atoms with E-state index >= 15 is 0 Å². The fourth-order valence-corrected chi connectivity index (χ4v) is 2.79. The minimum absolute atomic E-state index is 0.720. The number of hydrogen-bond acceptors (Lipinski definition) is 4. The minimum atomic E-state index is 0.720. The Kier molecular flexibility index (Phi) is 5.62. The first kappa shape index (κ1) is 17.0. The van der Waals surface area contributed by atoms with Gasteiger partial charge >= 0.3 is 0 Å². The van der Waals surface area contributed by atoms with Gasteiger partial charge in [-0.3, -0.25) is 0 Å². The van der Waals surface area contributed by atoms with Crippen molar-refractivity contribution in [1.82, 2.24) is 9.97 Å². The van der Waals surface area contributed by atoms with Gasteiger partial charge in [0, 0.05) is 25.0 Å². The standard InChI is InChI=1S/C21H24N4/c1-3-25(19-11-7-8-17(2)16-19)21-23-15-13-20(24-21)22-14-12-18-9-5-4-6-10-18/h4-11,13,15-16H,3,12,14H2,1-2H3,(H,22,23,24). The number of anilines is 3. The van der Waals surface area contributed by atoms with Crippen molar-refractivity contribution in [2.45, 2.75) is 20.3 Å². The predicted molar refractivity (Wildman–Crippen MR) is 105 cm³/mol. The summed E-state index contributed by atoms with van der Waals surface area (Å²) in [5.74, 6) is 1.57. The Balaban J connectivity index is 1.69. The van der Waals surface area contributed by atoms with Crippen molar-refractivity contribution in [3.63, 3.8) is 0 Å². The molecule has 0 fully saturated rings. The van der Waals surface area contributed by atoms with Crippen LogP contribution in [-0.4, -0.2) is 23.1 Å². The van der Waals surface area contributed by atoms with Gasteiger partial charge in [0.05, 0.1) is 0 Å². The highest BCUT2D eigenvalue weighted by molar-refractivity contribution is 5.59. The molecule has 2 aromatic carbocycles. The minimum Gasteiger partial charge on any atom is -0.370 e. The Labute approximate surface area is 149 Å². The third kappa shape index (κ3) is 4.57. The smallest absolute Gasteiger partial charge is 0.231 e. The number of nitrogens with zero attached hydrogens (tertiary/aromatic N) is 3. The van der Waals surface area contributed by atoms with E-state index in [-0.39, 0.29) is 0 Å². The van der Waals surface area contributed by atoms with Crippen LogP contribution in [0, 0.1) is 6.92 Å². The summed E-state index contributed by atoms with van der Waals surface area (Å²) in [5, 5.41) is 3.40. The van der Waals surface area contributed by atoms with Gasteiger partial charge in [-0.05, 0) is 49.6 Å². The van der Waals surface area contributed by atoms with Crippen molar-refractivity contribution in [3.05, 3.63) is 78.0 Å². The molecule has 0 saturated heterocycles. The van der Waals surface area contributed by atoms with E-state index in [4.69, 9.17) is 0 Å². The van der Waals surface area contributed by atoms with Gasteiger partial charge in [-0.1, -0.05) is 42.5 Å². The average molecular weight is 332 g/mol. The monoisotopic (exact) mass is 332 g/mol. The van der Waals surface area contributed by atoms with Crippen molar-refractivity contribution in [2.75, 3.05) is 23.3 Å². The Morgan fingerprint density at radius 3 is 2.60 bits per heavy atom. The molecule has 0 spiro atoms. The molecule has 0 saturated carbocycles. The van der Waals surface area contributed by atoms with Gasteiger partial charge in [-0.15, -0.1) is 0 Å². The zero-order valence-corrected chi connectivity index (χ0v) is 14.8. The summed E-state index contributed by atoms with van der Waals surface area (Å²) >= 11 is 0. The first-order valence-electron chi connectivity index (χ1n) is 8.71. The molecule has 1 N–H and O–H groups in total. The molecule has 128 valence electrons. The molecule has 1 aromatic heterocycles. The van der Waals surface area contributed by atoms with Crippen LogP contribution in [-0.2, 0) is 6.42 Å². The Morgan fingerprint density at radius 1 is 1.00 bits per heavy atom. The molecule has 0 unspecified atom stereocenters. The summed E-state index contributed by atoms with van der Waals surface area (Å²) in [4.78, 5) is 11.3. The van der Waals surface area contributed by atoms with Crippen LogP contribution in [0.15, 0.2) is 66.9 Å². The lowest BCUT2D eigenvalue weighted by Gasteiger charge is -2.21. The fraction of sp³-hybridized carbons (Fsp3) is 0.238. The summed E-state index contributed by atoms with van der Waals surface area (Å²) in [6, 6.07) is 20.8. The lowest BCUT2D eigenvalue weighted by Crippen LogP contribution is -2.19. The van der Waals surface area contributed by atoms with Gasteiger partial charge in [-0.25, -0.2) is 4.98 Å². The summed E-state index contributed by atoms with van der Waals surface area (Å²) in [6.45, 7) is 5.87. The molecule has 0 amide bonds. The van der Waals surface area contributed by atoms with E-state index in [1.807, 2.05) is 18.3 Å². The topological polar surface area (TPSA) is 41.1 Å². The Hall–Kier alpha value is -2.88. The van der Waals surface area contributed by atoms with E-state index < -0.39 is 0 Å². The maximum atomic E-state index is 4.68. The zero-order chi connectivity index (χ0) is 17.5. The molecule has 0 radical (unpaired) electrons. The van der Waals surface area contributed by atoms with Crippen LogP contribution in [0.25, 0.3) is 0 Å². The van der Waals surface area contributed by atoms with Gasteiger partial charge in [0.15, 0.2) is 0 Å². The van der Waals surface area contributed by atoms with Crippen molar-refractivity contribution >= 4 is 17.5 Å². The molecule has 3 aromatic rings. The van der Waals surface area contributed by atoms with E-state index in [0.29, 0.717) is 0 Å². The quantitative estimate of drug-likeness (QED) is 0.686. The second kappa shape index (κ2) is 8.29. The van der Waals surface area contributed by atoms with Crippen molar-refractivity contribution in [1.29, 1.82) is 0 Å². The molecule has 1 heterocycles. The van der Waals surface area contributed by atoms with Gasteiger partial charge in [0.25, 0.3) is 0 Å². The van der Waals surface area contributed by atoms with Crippen LogP contribution in [0.3, 0.4) is 0 Å². The highest BCUT2D eigenvalue weighted by Crippen LogP contribution is 2.23. The summed E-state index contributed by atoms with van der Waals surface area (Å²) in [7, 11) is 0. The molecule has 3 rings (SSSR count). The zero-order valence-electron chi connectivity index (χ0n) is 14.8. The van der Waals surface area contributed by atoms with Crippen LogP contribution in [0.2, 0.25) is 0 Å². The van der Waals surface area contributed by atoms with Crippen LogP contribution >= 0.6 is 0 Å². The van der Waals surface area contributed by atoms with Gasteiger partial charge in [0.1, 0.15) is 5.82 Å². The Morgan fingerprint density at radius 2 is 1.84 bits per heavy atom. The molecule has 4 heteroatoms. The first-order chi connectivity index (χ1) is 12.3. The van der Waals surface area contributed by atoms with Crippen LogP contribution < -0.4 is 10.2 Å². The average Bonchev–Trinajstić information content (AvgIpc) is 2.64. The Bertz CT molecular complexity index is 802. The number of benzene rings is 2. The largest absolute Gasteiger partial charge is 0.370 e. The summed E-state index contributed by atoms with van der Waals surface area (Å²) in [5.41, 5.74) is 3.66. The van der Waals surface area contributed by atoms with Crippen molar-refractivity contribution < 1.29 is 0 Å². The van der Waals surface area contributed by atoms with Crippen LogP contribution in [0.1, 0.15) is 18.1 Å². The molecular weight excluding hydrogens is 308 g/mol. The number of rotatable bonds is 7. The van der Waals surface area contributed by atoms with Gasteiger partial charge in [0.2, 0.25) is 5.95 Å². The summed E-state index contributed by atoms with van der Waals surface area (Å²) < 4.78 is 0. The van der Waals surface area contributed by atoms with Crippen LogP contribution in [0.5, 0.6) is 0 Å². The van der Waals surface area contributed by atoms with Gasteiger partial charge in [-0.2, -0.15) is 4.98 Å². The highest BCUT2D eigenvalue weighted by atomic mass is 15.3. The molecule has 4 nitrogen and oxygen atoms in total. The lowest BCUT2D eigenvalue weighted by molar-refractivity contribution is 0.936. The van der Waals surface area contributed by atoms with E-state index in [0.717, 1.165) is 37.0 Å². The van der Waals surface area contributed by atoms with Crippen molar-refractivity contribution in [2.24, 2.45) is 0 Å².